The van der Waals surface area contributed by atoms with Crippen LogP contribution in [-0.4, -0.2) is 48.1 Å². The van der Waals surface area contributed by atoms with E-state index in [0.717, 1.165) is 0 Å². The molecule has 8 nitrogen and oxygen atoms in total. The molecule has 0 aromatic carbocycles. The number of carboxylic acids is 1. The highest BCUT2D eigenvalue weighted by atomic mass is 16.5. The van der Waals surface area contributed by atoms with E-state index in [0.29, 0.717) is 0 Å². The predicted octanol–water partition coefficient (Wildman–Crippen LogP) is -2.38. The fraction of sp³-hybridized carbons (Fsp3) is 0.500. The summed E-state index contributed by atoms with van der Waals surface area (Å²) in [5, 5.41) is 12.5. The lowest BCUT2D eigenvalue weighted by molar-refractivity contribution is -0.144. The molecule has 88 valence electrons. The number of amides is 3. The van der Waals surface area contributed by atoms with E-state index in [1.165, 1.54) is 0 Å². The summed E-state index contributed by atoms with van der Waals surface area (Å²) in [5.41, 5.74) is 0. The first kappa shape index (κ1) is 12.1. The number of carboxylic acid groups (broad SMARTS) is 1. The molecular weight excluding hydrogens is 220 g/mol. The number of hydrogen-bond acceptors (Lipinski definition) is 5. The van der Waals surface area contributed by atoms with Crippen molar-refractivity contribution in [2.45, 2.75) is 12.5 Å². The van der Waals surface area contributed by atoms with Crippen molar-refractivity contribution in [3.05, 3.63) is 0 Å². The van der Waals surface area contributed by atoms with Crippen molar-refractivity contribution in [1.82, 2.24) is 10.6 Å². The topological polar surface area (TPSA) is 122 Å². The van der Waals surface area contributed by atoms with Crippen molar-refractivity contribution in [2.75, 3.05) is 13.2 Å². The maximum atomic E-state index is 11.1. The summed E-state index contributed by atoms with van der Waals surface area (Å²) in [6, 6.07) is -0.895. The minimum Gasteiger partial charge on any atom is -0.480 e. The number of imide groups is 1. The Labute approximate surface area is 89.9 Å². The Morgan fingerprint density at radius 1 is 1.44 bits per heavy atom. The molecule has 0 aromatic rings. The molecule has 1 aliphatic heterocycles. The van der Waals surface area contributed by atoms with Gasteiger partial charge in [0.1, 0.15) is 19.3 Å². The summed E-state index contributed by atoms with van der Waals surface area (Å²) in [6.45, 7) is -1.06. The van der Waals surface area contributed by atoms with E-state index >= 15 is 0 Å². The van der Waals surface area contributed by atoms with Crippen molar-refractivity contribution in [3.63, 3.8) is 0 Å². The third-order valence-electron chi connectivity index (χ3n) is 1.76. The van der Waals surface area contributed by atoms with Crippen LogP contribution in [0.4, 0.5) is 0 Å². The molecule has 0 saturated carbocycles. The van der Waals surface area contributed by atoms with Gasteiger partial charge in [-0.1, -0.05) is 0 Å². The lowest BCUT2D eigenvalue weighted by Gasteiger charge is -2.08. The minimum absolute atomic E-state index is 0.108. The van der Waals surface area contributed by atoms with Crippen LogP contribution in [0, 0.1) is 0 Å². The Kier molecular flexibility index (Phi) is 3.95. The molecule has 0 spiro atoms. The van der Waals surface area contributed by atoms with Gasteiger partial charge in [0.25, 0.3) is 0 Å². The van der Waals surface area contributed by atoms with Gasteiger partial charge in [-0.05, 0) is 0 Å². The molecule has 1 unspecified atom stereocenters. The molecule has 1 rings (SSSR count). The fourth-order valence-electron chi connectivity index (χ4n) is 1.14. The van der Waals surface area contributed by atoms with Gasteiger partial charge in [0.15, 0.2) is 0 Å². The normalized spacial score (nSPS) is 19.4. The molecule has 1 fully saturated rings. The summed E-state index contributed by atoms with van der Waals surface area (Å²) < 4.78 is 4.50. The molecule has 3 amide bonds. The van der Waals surface area contributed by atoms with Gasteiger partial charge in [-0.3, -0.25) is 19.7 Å². The Balaban J connectivity index is 2.26. The van der Waals surface area contributed by atoms with Crippen LogP contribution in [-0.2, 0) is 23.9 Å². The highest BCUT2D eigenvalue weighted by Crippen LogP contribution is 2.00. The van der Waals surface area contributed by atoms with Gasteiger partial charge in [-0.2, -0.15) is 0 Å². The first-order valence-electron chi connectivity index (χ1n) is 4.41. The molecule has 8 heteroatoms. The number of aliphatic carboxylic acids is 1. The lowest BCUT2D eigenvalue weighted by Crippen LogP contribution is -2.42. The average molecular weight is 230 g/mol. The molecule has 16 heavy (non-hydrogen) atoms. The largest absolute Gasteiger partial charge is 0.480 e. The SMILES string of the molecule is O=C(O)COCC(=O)NC1CC(=O)NC1=O. The Hall–Kier alpha value is -1.96. The standard InChI is InChI=1S/C8H10N2O6/c11-5-1-4(8(15)10-5)9-6(12)2-16-3-7(13)14/h4H,1-3H2,(H,9,12)(H,13,14)(H,10,11,15). The molecule has 0 aromatic heterocycles. The van der Waals surface area contributed by atoms with Gasteiger partial charge in [0, 0.05) is 0 Å². The van der Waals surface area contributed by atoms with Crippen LogP contribution in [0.3, 0.4) is 0 Å². The number of ether oxygens (including phenoxy) is 1. The number of nitrogens with one attached hydrogen (secondary N) is 2. The maximum absolute atomic E-state index is 11.1. The molecule has 1 atom stereocenters. The second kappa shape index (κ2) is 5.21. The predicted molar refractivity (Wildman–Crippen MR) is 48.2 cm³/mol. The van der Waals surface area contributed by atoms with Crippen molar-refractivity contribution < 1.29 is 29.0 Å². The molecule has 0 aliphatic carbocycles. The summed E-state index contributed by atoms with van der Waals surface area (Å²) in [6.07, 6.45) is -0.108. The molecule has 3 N–H and O–H groups in total. The van der Waals surface area contributed by atoms with E-state index in [4.69, 9.17) is 5.11 Å². The van der Waals surface area contributed by atoms with Crippen LogP contribution in [0.25, 0.3) is 0 Å². The Morgan fingerprint density at radius 2 is 2.12 bits per heavy atom. The molecule has 1 heterocycles. The van der Waals surface area contributed by atoms with Crippen molar-refractivity contribution in [3.8, 4) is 0 Å². The Morgan fingerprint density at radius 3 is 2.62 bits per heavy atom. The van der Waals surface area contributed by atoms with E-state index in [2.05, 4.69) is 10.1 Å². The van der Waals surface area contributed by atoms with Crippen LogP contribution in [0.1, 0.15) is 6.42 Å². The lowest BCUT2D eigenvalue weighted by atomic mass is 10.2. The van der Waals surface area contributed by atoms with E-state index < -0.39 is 42.9 Å². The van der Waals surface area contributed by atoms with Crippen LogP contribution in [0.5, 0.6) is 0 Å². The highest BCUT2D eigenvalue weighted by molar-refractivity contribution is 6.06. The van der Waals surface area contributed by atoms with Crippen molar-refractivity contribution in [1.29, 1.82) is 0 Å². The maximum Gasteiger partial charge on any atom is 0.329 e. The summed E-state index contributed by atoms with van der Waals surface area (Å²) in [5.74, 6) is -2.86. The summed E-state index contributed by atoms with van der Waals surface area (Å²) in [7, 11) is 0. The van der Waals surface area contributed by atoms with E-state index in [1.54, 1.807) is 0 Å². The third kappa shape index (κ3) is 3.65. The van der Waals surface area contributed by atoms with Gasteiger partial charge >= 0.3 is 5.97 Å². The zero-order valence-electron chi connectivity index (χ0n) is 8.19. The molecule has 1 saturated heterocycles. The first-order valence-corrected chi connectivity index (χ1v) is 4.41. The van der Waals surface area contributed by atoms with E-state index in [1.807, 2.05) is 5.32 Å². The van der Waals surface area contributed by atoms with E-state index in [-0.39, 0.29) is 6.42 Å². The molecule has 1 aliphatic rings. The van der Waals surface area contributed by atoms with Crippen LogP contribution < -0.4 is 10.6 Å². The minimum atomic E-state index is -1.19. The monoisotopic (exact) mass is 230 g/mol. The second-order valence-electron chi connectivity index (χ2n) is 3.12. The highest BCUT2D eigenvalue weighted by Gasteiger charge is 2.31. The molecule has 0 radical (unpaired) electrons. The Bertz CT molecular complexity index is 339. The van der Waals surface area contributed by atoms with Crippen molar-refractivity contribution >= 4 is 23.7 Å². The zero-order valence-corrected chi connectivity index (χ0v) is 8.19. The second-order valence-corrected chi connectivity index (χ2v) is 3.12. The van der Waals surface area contributed by atoms with Crippen LogP contribution >= 0.6 is 0 Å². The van der Waals surface area contributed by atoms with Gasteiger partial charge in [0.05, 0.1) is 6.42 Å². The third-order valence-corrected chi connectivity index (χ3v) is 1.76. The smallest absolute Gasteiger partial charge is 0.329 e. The van der Waals surface area contributed by atoms with Crippen LogP contribution in [0.2, 0.25) is 0 Å². The quantitative estimate of drug-likeness (QED) is 0.453. The zero-order chi connectivity index (χ0) is 12.1. The summed E-state index contributed by atoms with van der Waals surface area (Å²) in [4.78, 5) is 42.9. The number of carbonyl (C=O) groups is 4. The van der Waals surface area contributed by atoms with Crippen molar-refractivity contribution in [2.24, 2.45) is 0 Å². The molecular formula is C8H10N2O6. The number of rotatable bonds is 5. The fourth-order valence-corrected chi connectivity index (χ4v) is 1.14. The summed E-state index contributed by atoms with van der Waals surface area (Å²) >= 11 is 0. The van der Waals surface area contributed by atoms with Gasteiger partial charge in [-0.15, -0.1) is 0 Å². The van der Waals surface area contributed by atoms with Crippen LogP contribution in [0.15, 0.2) is 0 Å². The van der Waals surface area contributed by atoms with E-state index in [9.17, 15) is 19.2 Å². The van der Waals surface area contributed by atoms with Gasteiger partial charge in [0.2, 0.25) is 17.7 Å². The van der Waals surface area contributed by atoms with Gasteiger partial charge < -0.3 is 15.2 Å². The first-order chi connectivity index (χ1) is 7.49. The van der Waals surface area contributed by atoms with Gasteiger partial charge in [-0.25, -0.2) is 4.79 Å². The average Bonchev–Trinajstić information content (AvgIpc) is 2.44. The number of carbonyl (C=O) groups excluding carboxylic acids is 3. The number of hydrogen-bond donors (Lipinski definition) is 3. The molecule has 0 bridgehead atoms.